The summed E-state index contributed by atoms with van der Waals surface area (Å²) < 4.78 is 38.9. The molecule has 2 aromatic heterocycles. The molecule has 3 heterocycles. The van der Waals surface area contributed by atoms with E-state index >= 15 is 0 Å². The van der Waals surface area contributed by atoms with E-state index in [0.717, 1.165) is 10.8 Å². The lowest BCUT2D eigenvalue weighted by molar-refractivity contribution is -0.174. The molecule has 2 N–H and O–H groups in total. The van der Waals surface area contributed by atoms with Crippen LogP contribution in [0.2, 0.25) is 5.02 Å². The van der Waals surface area contributed by atoms with Gasteiger partial charge in [-0.1, -0.05) is 73.4 Å². The quantitative estimate of drug-likeness (QED) is 0.459. The normalized spacial score (nSPS) is 18.0. The Morgan fingerprint density at radius 1 is 1.24 bits per heavy atom. The molecule has 2 aromatic rings. The zero-order valence-electron chi connectivity index (χ0n) is 25.1. The van der Waals surface area contributed by atoms with E-state index < -0.39 is 53.9 Å². The molecule has 9 nitrogen and oxygen atoms in total. The summed E-state index contributed by atoms with van der Waals surface area (Å²) in [5, 5.41) is 14.7. The predicted octanol–water partition coefficient (Wildman–Crippen LogP) is 5.05. The van der Waals surface area contributed by atoms with Crippen LogP contribution in [0.4, 0.5) is 13.2 Å². The average Bonchev–Trinajstić information content (AvgIpc) is 3.37. The van der Waals surface area contributed by atoms with E-state index in [0.29, 0.717) is 15.9 Å². The molecule has 230 valence electrons. The number of rotatable bonds is 5. The Morgan fingerprint density at radius 2 is 1.81 bits per heavy atom. The number of aromatic nitrogens is 2. The number of nitrogens with zero attached hydrogens (tertiary/aromatic N) is 4. The predicted molar refractivity (Wildman–Crippen MR) is 155 cm³/mol. The van der Waals surface area contributed by atoms with Crippen LogP contribution >= 0.6 is 11.6 Å². The second-order valence-corrected chi connectivity index (χ2v) is 11.2. The third-order valence-electron chi connectivity index (χ3n) is 6.42. The molecule has 1 unspecified atom stereocenters. The molecule has 1 aliphatic rings. The maximum atomic E-state index is 13.4. The van der Waals surface area contributed by atoms with Gasteiger partial charge < -0.3 is 15.5 Å². The van der Waals surface area contributed by atoms with Crippen molar-refractivity contribution in [3.8, 4) is 18.5 Å². The number of nitriles is 1. The lowest BCUT2D eigenvalue weighted by Crippen LogP contribution is -2.52. The fraction of sp³-hybridized carbons (Fsp3) is 0.552. The lowest BCUT2D eigenvalue weighted by atomic mass is 9.80. The number of carbonyl (C=O) groups excluding carboxylic acids is 3. The number of halogens is 4. The first-order valence-corrected chi connectivity index (χ1v) is 13.8. The number of carbonyl (C=O) groups is 3. The zero-order chi connectivity index (χ0) is 32.6. The molecule has 1 saturated heterocycles. The summed E-state index contributed by atoms with van der Waals surface area (Å²) in [7, 11) is 0. The molecule has 1 aliphatic heterocycles. The largest absolute Gasteiger partial charge is 0.471 e. The topological polar surface area (TPSA) is 120 Å². The highest BCUT2D eigenvalue weighted by molar-refractivity contribution is 6.35. The third kappa shape index (κ3) is 8.62. The summed E-state index contributed by atoms with van der Waals surface area (Å²) in [6.45, 7) is 14.9. The van der Waals surface area contributed by atoms with Gasteiger partial charge in [-0.05, 0) is 17.3 Å². The van der Waals surface area contributed by atoms with Crippen LogP contribution in [-0.2, 0) is 14.4 Å². The zero-order valence-corrected chi connectivity index (χ0v) is 25.8. The molecular formula is C29H38ClF3N6O3. The third-order valence-corrected chi connectivity index (χ3v) is 6.72. The number of pyridine rings is 1. The van der Waals surface area contributed by atoms with Gasteiger partial charge in [0, 0.05) is 42.1 Å². The van der Waals surface area contributed by atoms with Crippen LogP contribution < -0.4 is 10.6 Å². The number of fused-ring (bicyclic) bond motifs is 1. The van der Waals surface area contributed by atoms with Crippen LogP contribution in [0.25, 0.3) is 10.9 Å². The molecule has 3 rings (SSSR count). The van der Waals surface area contributed by atoms with E-state index in [1.165, 1.54) is 28.5 Å². The number of nitrogens with one attached hydrogen (secondary N) is 2. The fourth-order valence-electron chi connectivity index (χ4n) is 4.23. The van der Waals surface area contributed by atoms with Gasteiger partial charge in [0.2, 0.25) is 11.8 Å². The molecule has 3 atom stereocenters. The summed E-state index contributed by atoms with van der Waals surface area (Å²) in [5.74, 6) is -3.42. The maximum absolute atomic E-state index is 13.4. The van der Waals surface area contributed by atoms with E-state index in [-0.39, 0.29) is 12.1 Å². The van der Waals surface area contributed by atoms with Gasteiger partial charge in [0.05, 0.1) is 23.2 Å². The highest BCUT2D eigenvalue weighted by Crippen LogP contribution is 2.40. The maximum Gasteiger partial charge on any atom is 0.471 e. The standard InChI is InChI=1S/C23H22ClF3N6O3.C4H10.C2H6/c1-5-32-10-15(24)13-7-29-8-14(19(13)32)16(6-28)31-20(35)18-12(2)22(3,4)11-33(18)17(34)9-30-21(36)23(25,26)27;1-4(2)3;1-2/h1,7-8,10,12,16,18H,9,11H2,2-4H3,(H,30,36)(H,31,35);4H,1-3H3;1-2H3/t12-,16?,18-;;/m0../s1. The molecule has 13 heteroatoms. The van der Waals surface area contributed by atoms with Crippen molar-refractivity contribution < 1.29 is 27.6 Å². The summed E-state index contributed by atoms with van der Waals surface area (Å²) in [6.07, 6.45) is 4.67. The van der Waals surface area contributed by atoms with Crippen molar-refractivity contribution in [2.24, 2.45) is 17.3 Å². The van der Waals surface area contributed by atoms with Crippen LogP contribution in [0, 0.1) is 41.0 Å². The SMILES string of the molecule is C#Cn1cc(Cl)c2cncc(C(C#N)NC(=O)[C@@H]3[C@H](C)C(C)(C)CN3C(=O)CNC(=O)C(F)(F)F)c21.CC.CC(C)C. The Morgan fingerprint density at radius 3 is 2.31 bits per heavy atom. The summed E-state index contributed by atoms with van der Waals surface area (Å²) in [6, 6.07) is 2.04. The van der Waals surface area contributed by atoms with Gasteiger partial charge in [0.25, 0.3) is 0 Å². The number of alkyl halides is 3. The van der Waals surface area contributed by atoms with Crippen LogP contribution in [0.5, 0.6) is 0 Å². The Labute approximate surface area is 249 Å². The summed E-state index contributed by atoms with van der Waals surface area (Å²) in [4.78, 5) is 42.5. The van der Waals surface area contributed by atoms with Gasteiger partial charge in [-0.15, -0.1) is 0 Å². The summed E-state index contributed by atoms with van der Waals surface area (Å²) >= 11 is 6.20. The highest BCUT2D eigenvalue weighted by Gasteiger charge is 2.50. The summed E-state index contributed by atoms with van der Waals surface area (Å²) in [5.41, 5.74) is 0.0848. The van der Waals surface area contributed by atoms with Crippen molar-refractivity contribution in [1.82, 2.24) is 25.1 Å². The number of amides is 3. The average molecular weight is 611 g/mol. The van der Waals surface area contributed by atoms with Gasteiger partial charge in [-0.3, -0.25) is 23.9 Å². The van der Waals surface area contributed by atoms with Crippen molar-refractivity contribution in [1.29, 1.82) is 5.26 Å². The van der Waals surface area contributed by atoms with Gasteiger partial charge >= 0.3 is 12.1 Å². The number of hydrogen-bond acceptors (Lipinski definition) is 5. The molecule has 0 aliphatic carbocycles. The second-order valence-electron chi connectivity index (χ2n) is 10.8. The Bertz CT molecular complexity index is 1350. The number of likely N-dealkylation sites (tertiary alicyclic amines) is 1. The minimum Gasteiger partial charge on any atom is -0.339 e. The van der Waals surface area contributed by atoms with Gasteiger partial charge in [-0.25, -0.2) is 0 Å². The molecule has 0 radical (unpaired) electrons. The molecular weight excluding hydrogens is 573 g/mol. The smallest absolute Gasteiger partial charge is 0.339 e. The Hall–Kier alpha value is -3.77. The Kier molecular flexibility index (Phi) is 12.9. The van der Waals surface area contributed by atoms with Gasteiger partial charge in [0.15, 0.2) is 0 Å². The molecule has 0 bridgehead atoms. The van der Waals surface area contributed by atoms with E-state index in [4.69, 9.17) is 18.0 Å². The molecule has 0 aromatic carbocycles. The highest BCUT2D eigenvalue weighted by atomic mass is 35.5. The molecule has 1 fully saturated rings. The van der Waals surface area contributed by atoms with Crippen molar-refractivity contribution in [3.63, 3.8) is 0 Å². The van der Waals surface area contributed by atoms with E-state index in [1.807, 2.05) is 19.9 Å². The molecule has 0 saturated carbocycles. The lowest BCUT2D eigenvalue weighted by Gasteiger charge is -2.28. The van der Waals surface area contributed by atoms with Crippen molar-refractivity contribution >= 4 is 40.2 Å². The first-order valence-electron chi connectivity index (χ1n) is 13.4. The van der Waals surface area contributed by atoms with Crippen molar-refractivity contribution in [2.75, 3.05) is 13.1 Å². The van der Waals surface area contributed by atoms with Crippen molar-refractivity contribution in [2.45, 2.75) is 73.6 Å². The number of terminal acetylenes is 1. The number of hydrogen-bond donors (Lipinski definition) is 2. The van der Waals surface area contributed by atoms with E-state index in [1.54, 1.807) is 20.8 Å². The van der Waals surface area contributed by atoms with Crippen LogP contribution in [-0.4, -0.2) is 57.5 Å². The van der Waals surface area contributed by atoms with Crippen LogP contribution in [0.15, 0.2) is 18.6 Å². The first-order chi connectivity index (χ1) is 19.5. The molecule has 3 amide bonds. The minimum absolute atomic E-state index is 0.0525. The van der Waals surface area contributed by atoms with E-state index in [9.17, 15) is 32.8 Å². The van der Waals surface area contributed by atoms with Crippen molar-refractivity contribution in [3.05, 3.63) is 29.2 Å². The fourth-order valence-corrected chi connectivity index (χ4v) is 4.47. The Balaban J connectivity index is 0.00000135. The van der Waals surface area contributed by atoms with Crippen LogP contribution in [0.1, 0.15) is 67.0 Å². The molecule has 0 spiro atoms. The second kappa shape index (κ2) is 14.9. The first kappa shape index (κ1) is 36.3. The monoisotopic (exact) mass is 610 g/mol. The van der Waals surface area contributed by atoms with Gasteiger partial charge in [-0.2, -0.15) is 18.4 Å². The van der Waals surface area contributed by atoms with Gasteiger partial charge in [0.1, 0.15) is 12.1 Å². The minimum atomic E-state index is -5.15. The molecule has 42 heavy (non-hydrogen) atoms. The van der Waals surface area contributed by atoms with Crippen LogP contribution in [0.3, 0.4) is 0 Å². The van der Waals surface area contributed by atoms with E-state index in [2.05, 4.69) is 37.1 Å².